The van der Waals surface area contributed by atoms with Crippen molar-refractivity contribution >= 4 is 27.3 Å². The van der Waals surface area contributed by atoms with E-state index < -0.39 is 16.0 Å². The van der Waals surface area contributed by atoms with E-state index in [2.05, 4.69) is 47.4 Å². The van der Waals surface area contributed by atoms with Crippen LogP contribution < -0.4 is 4.72 Å². The summed E-state index contributed by atoms with van der Waals surface area (Å²) in [5.41, 5.74) is 2.31. The first kappa shape index (κ1) is 22.7. The Bertz CT molecular complexity index is 1000. The number of sulfonamides is 1. The zero-order valence-corrected chi connectivity index (χ0v) is 19.0. The van der Waals surface area contributed by atoms with Crippen LogP contribution in [0.25, 0.3) is 0 Å². The average molecular weight is 449 g/mol. The second-order valence-electron chi connectivity index (χ2n) is 7.42. The largest absolute Gasteiger partial charge is 0.465 e. The molecule has 0 spiro atoms. The van der Waals surface area contributed by atoms with E-state index in [9.17, 15) is 13.2 Å². The predicted molar refractivity (Wildman–Crippen MR) is 119 cm³/mol. The highest BCUT2D eigenvalue weighted by Crippen LogP contribution is 2.37. The molecule has 0 radical (unpaired) electrons. The third-order valence-corrected chi connectivity index (χ3v) is 8.56. The first-order valence-electron chi connectivity index (χ1n) is 9.98. The van der Waals surface area contributed by atoms with E-state index in [4.69, 9.17) is 4.74 Å². The van der Waals surface area contributed by atoms with Gasteiger partial charge >= 0.3 is 5.97 Å². The zero-order valence-electron chi connectivity index (χ0n) is 17.4. The Kier molecular flexibility index (Phi) is 7.46. The first-order chi connectivity index (χ1) is 14.4. The lowest BCUT2D eigenvalue weighted by Crippen LogP contribution is -2.31. The van der Waals surface area contributed by atoms with E-state index in [1.807, 2.05) is 6.07 Å². The van der Waals surface area contributed by atoms with Crippen molar-refractivity contribution < 1.29 is 17.9 Å². The number of ether oxygens (including phenoxy) is 1. The molecular weight excluding hydrogens is 420 g/mol. The Morgan fingerprint density at radius 2 is 2.10 bits per heavy atom. The lowest BCUT2D eigenvalue weighted by molar-refractivity contribution is 0.0595. The van der Waals surface area contributed by atoms with Crippen molar-refractivity contribution in [1.29, 1.82) is 0 Å². The van der Waals surface area contributed by atoms with Crippen molar-refractivity contribution in [3.63, 3.8) is 0 Å². The molecule has 1 aliphatic heterocycles. The van der Waals surface area contributed by atoms with Gasteiger partial charge in [0.05, 0.1) is 12.7 Å². The minimum Gasteiger partial charge on any atom is -0.465 e. The second kappa shape index (κ2) is 9.87. The molecular formula is C22H28N2O4S2. The van der Waals surface area contributed by atoms with E-state index in [0.29, 0.717) is 18.9 Å². The molecule has 30 heavy (non-hydrogen) atoms. The van der Waals surface area contributed by atoms with Gasteiger partial charge in [0.25, 0.3) is 10.0 Å². The maximum atomic E-state index is 12.7. The van der Waals surface area contributed by atoms with Crippen LogP contribution in [0.15, 0.2) is 47.2 Å². The van der Waals surface area contributed by atoms with Gasteiger partial charge in [-0.05, 0) is 36.4 Å². The summed E-state index contributed by atoms with van der Waals surface area (Å²) in [7, 11) is -2.53. The number of carbonyl (C=O) groups is 1. The topological polar surface area (TPSA) is 75.7 Å². The highest BCUT2D eigenvalue weighted by molar-refractivity contribution is 7.91. The Balaban J connectivity index is 1.78. The minimum atomic E-state index is -3.80. The molecule has 2 heterocycles. The van der Waals surface area contributed by atoms with Crippen LogP contribution in [-0.4, -0.2) is 46.0 Å². The number of benzene rings is 1. The van der Waals surface area contributed by atoms with Crippen molar-refractivity contribution in [2.45, 2.75) is 36.4 Å². The minimum absolute atomic E-state index is 0.0423. The Morgan fingerprint density at radius 3 is 2.77 bits per heavy atom. The number of rotatable bonds is 9. The number of carbonyl (C=O) groups excluding carboxylic acids is 1. The van der Waals surface area contributed by atoms with Crippen molar-refractivity contribution in [3.8, 4) is 0 Å². The molecule has 0 bridgehead atoms. The van der Waals surface area contributed by atoms with Gasteiger partial charge in [-0.2, -0.15) is 0 Å². The van der Waals surface area contributed by atoms with E-state index in [0.717, 1.165) is 30.0 Å². The normalized spacial score (nSPS) is 15.4. The molecule has 1 aromatic carbocycles. The summed E-state index contributed by atoms with van der Waals surface area (Å²) < 4.78 is 32.9. The van der Waals surface area contributed by atoms with Gasteiger partial charge in [-0.25, -0.2) is 17.9 Å². The summed E-state index contributed by atoms with van der Waals surface area (Å²) in [5, 5.41) is 0. The van der Waals surface area contributed by atoms with E-state index in [1.54, 1.807) is 0 Å². The van der Waals surface area contributed by atoms with Crippen LogP contribution >= 0.6 is 11.3 Å². The molecule has 1 aliphatic rings. The fourth-order valence-corrected chi connectivity index (χ4v) is 6.65. The average Bonchev–Trinajstić information content (AvgIpc) is 3.16. The van der Waals surface area contributed by atoms with E-state index >= 15 is 0 Å². The van der Waals surface area contributed by atoms with Gasteiger partial charge in [-0.3, -0.25) is 4.90 Å². The molecule has 6 nitrogen and oxygen atoms in total. The molecule has 162 valence electrons. The number of hydrogen-bond acceptors (Lipinski definition) is 6. The molecule has 0 saturated carbocycles. The summed E-state index contributed by atoms with van der Waals surface area (Å²) in [6.45, 7) is 8.21. The number of methoxy groups -OCH3 is 1. The van der Waals surface area contributed by atoms with Crippen molar-refractivity contribution in [2.75, 3.05) is 26.7 Å². The SMILES string of the molecule is C=CCNS(=O)(=O)c1sc2c(c1C(=O)OC)CCN(CCC(C)c1ccccc1)C2. The fourth-order valence-electron chi connectivity index (χ4n) is 3.68. The molecule has 1 unspecified atom stereocenters. The van der Waals surface area contributed by atoms with Gasteiger partial charge in [0, 0.05) is 24.5 Å². The molecule has 1 N–H and O–H groups in total. The molecule has 0 aliphatic carbocycles. The Hall–Kier alpha value is -2.00. The lowest BCUT2D eigenvalue weighted by Gasteiger charge is -2.28. The van der Waals surface area contributed by atoms with Gasteiger partial charge in [0.1, 0.15) is 4.21 Å². The molecule has 2 aromatic rings. The molecule has 0 amide bonds. The van der Waals surface area contributed by atoms with Gasteiger partial charge in [-0.1, -0.05) is 43.3 Å². The number of esters is 1. The smallest absolute Gasteiger partial charge is 0.340 e. The van der Waals surface area contributed by atoms with Crippen LogP contribution in [-0.2, 0) is 27.7 Å². The number of hydrogen-bond donors (Lipinski definition) is 1. The van der Waals surface area contributed by atoms with Crippen LogP contribution in [0.2, 0.25) is 0 Å². The summed E-state index contributed by atoms with van der Waals surface area (Å²) in [4.78, 5) is 15.7. The highest BCUT2D eigenvalue weighted by atomic mass is 32.2. The molecule has 1 atom stereocenters. The number of nitrogens with zero attached hydrogens (tertiary/aromatic N) is 1. The van der Waals surface area contributed by atoms with Crippen LogP contribution in [0, 0.1) is 0 Å². The quantitative estimate of drug-likeness (QED) is 0.469. The first-order valence-corrected chi connectivity index (χ1v) is 12.3. The molecule has 0 saturated heterocycles. The monoisotopic (exact) mass is 448 g/mol. The fraction of sp³-hybridized carbons (Fsp3) is 0.409. The molecule has 3 rings (SSSR count). The molecule has 8 heteroatoms. The van der Waals surface area contributed by atoms with Gasteiger partial charge < -0.3 is 4.74 Å². The third-order valence-electron chi connectivity index (χ3n) is 5.40. The van der Waals surface area contributed by atoms with Gasteiger partial charge in [0.15, 0.2) is 0 Å². The number of nitrogens with one attached hydrogen (secondary N) is 1. The highest BCUT2D eigenvalue weighted by Gasteiger charge is 2.33. The molecule has 0 fully saturated rings. The maximum absolute atomic E-state index is 12.7. The summed E-state index contributed by atoms with van der Waals surface area (Å²) in [6.07, 6.45) is 3.12. The third kappa shape index (κ3) is 5.00. The van der Waals surface area contributed by atoms with Crippen LogP contribution in [0.4, 0.5) is 0 Å². The zero-order chi connectivity index (χ0) is 21.7. The summed E-state index contributed by atoms with van der Waals surface area (Å²) in [5.74, 6) is -0.154. The summed E-state index contributed by atoms with van der Waals surface area (Å²) >= 11 is 1.17. The van der Waals surface area contributed by atoms with Crippen molar-refractivity contribution in [1.82, 2.24) is 9.62 Å². The summed E-state index contributed by atoms with van der Waals surface area (Å²) in [6, 6.07) is 10.4. The molecule has 1 aromatic heterocycles. The van der Waals surface area contributed by atoms with Gasteiger partial charge in [0.2, 0.25) is 0 Å². The van der Waals surface area contributed by atoms with Crippen molar-refractivity contribution in [2.24, 2.45) is 0 Å². The van der Waals surface area contributed by atoms with Crippen molar-refractivity contribution in [3.05, 3.63) is 64.6 Å². The second-order valence-corrected chi connectivity index (χ2v) is 10.5. The standard InChI is InChI=1S/C22H28N2O4S2/c1-4-12-23-30(26,27)22-20(21(25)28-3)18-11-14-24(15-19(18)29-22)13-10-16(2)17-8-6-5-7-9-17/h4-9,16,23H,1,10-15H2,2-3H3. The number of thiophene rings is 1. The van der Waals surface area contributed by atoms with E-state index in [1.165, 1.54) is 30.1 Å². The van der Waals surface area contributed by atoms with E-state index in [-0.39, 0.29) is 16.3 Å². The predicted octanol–water partition coefficient (Wildman–Crippen LogP) is 3.55. The maximum Gasteiger partial charge on any atom is 0.340 e. The van der Waals surface area contributed by atoms with Crippen LogP contribution in [0.5, 0.6) is 0 Å². The van der Waals surface area contributed by atoms with Crippen LogP contribution in [0.3, 0.4) is 0 Å². The Labute approximate surface area is 182 Å². The lowest BCUT2D eigenvalue weighted by atomic mass is 9.97. The van der Waals surface area contributed by atoms with Crippen LogP contribution in [0.1, 0.15) is 45.6 Å². The number of fused-ring (bicyclic) bond motifs is 1. The van der Waals surface area contributed by atoms with Gasteiger partial charge in [-0.15, -0.1) is 17.9 Å². The Morgan fingerprint density at radius 1 is 1.37 bits per heavy atom.